The third-order valence-corrected chi connectivity index (χ3v) is 2.18. The van der Waals surface area contributed by atoms with E-state index < -0.39 is 0 Å². The molecule has 1 heterocycles. The van der Waals surface area contributed by atoms with Crippen LogP contribution in [0.4, 0.5) is 21.8 Å². The zero-order chi connectivity index (χ0) is 11.5. The molecule has 0 aliphatic heterocycles. The molecule has 0 amide bonds. The minimum atomic E-state index is -0.273. The molecule has 4 nitrogen and oxygen atoms in total. The van der Waals surface area contributed by atoms with Gasteiger partial charge in [0, 0.05) is 18.9 Å². The zero-order valence-corrected chi connectivity index (χ0v) is 8.76. The molecule has 0 saturated carbocycles. The van der Waals surface area contributed by atoms with Gasteiger partial charge in [-0.3, -0.25) is 0 Å². The smallest absolute Gasteiger partial charge is 0.231 e. The number of nitrogens with zero attached hydrogens (tertiary/aromatic N) is 3. The van der Waals surface area contributed by atoms with Crippen LogP contribution in [0, 0.1) is 5.82 Å². The van der Waals surface area contributed by atoms with Crippen LogP contribution in [0.5, 0.6) is 0 Å². The van der Waals surface area contributed by atoms with E-state index in [1.54, 1.807) is 36.3 Å². The number of nitrogens with two attached hydrogens (primary N) is 1. The quantitative estimate of drug-likeness (QED) is 0.837. The fraction of sp³-hybridized carbons (Fsp3) is 0.0909. The van der Waals surface area contributed by atoms with Crippen molar-refractivity contribution in [3.8, 4) is 0 Å². The molecule has 0 aliphatic rings. The lowest BCUT2D eigenvalue weighted by molar-refractivity contribution is 0.628. The highest BCUT2D eigenvalue weighted by Crippen LogP contribution is 2.20. The van der Waals surface area contributed by atoms with Crippen LogP contribution in [0.15, 0.2) is 36.5 Å². The molecule has 5 heteroatoms. The number of nitrogen functional groups attached to an aromatic ring is 1. The monoisotopic (exact) mass is 218 g/mol. The number of benzene rings is 1. The number of anilines is 3. The lowest BCUT2D eigenvalue weighted by Gasteiger charge is -2.16. The number of aromatic nitrogens is 2. The normalized spacial score (nSPS) is 10.1. The molecule has 0 unspecified atom stereocenters. The van der Waals surface area contributed by atoms with E-state index >= 15 is 0 Å². The van der Waals surface area contributed by atoms with Crippen LogP contribution in [0.1, 0.15) is 0 Å². The maximum Gasteiger partial charge on any atom is 0.231 e. The summed E-state index contributed by atoms with van der Waals surface area (Å²) in [5.41, 5.74) is 6.36. The van der Waals surface area contributed by atoms with Gasteiger partial charge in [0.25, 0.3) is 0 Å². The van der Waals surface area contributed by atoms with E-state index in [-0.39, 0.29) is 5.82 Å². The number of hydrogen-bond acceptors (Lipinski definition) is 4. The molecule has 0 aliphatic carbocycles. The Hall–Kier alpha value is -2.17. The van der Waals surface area contributed by atoms with Crippen LogP contribution in [0.25, 0.3) is 0 Å². The SMILES string of the molecule is CN(c1ccc(F)cc1)c1nccc(N)n1. The van der Waals surface area contributed by atoms with Crippen molar-refractivity contribution in [3.05, 3.63) is 42.3 Å². The minimum absolute atomic E-state index is 0.273. The van der Waals surface area contributed by atoms with Crippen molar-refractivity contribution in [2.24, 2.45) is 0 Å². The van der Waals surface area contributed by atoms with Gasteiger partial charge >= 0.3 is 0 Å². The second-order valence-corrected chi connectivity index (χ2v) is 3.32. The summed E-state index contributed by atoms with van der Waals surface area (Å²) in [6.07, 6.45) is 1.58. The summed E-state index contributed by atoms with van der Waals surface area (Å²) < 4.78 is 12.7. The Bertz CT molecular complexity index is 484. The van der Waals surface area contributed by atoms with Gasteiger partial charge in [-0.15, -0.1) is 0 Å². The molecular formula is C11H11FN4. The van der Waals surface area contributed by atoms with Crippen molar-refractivity contribution in [3.63, 3.8) is 0 Å². The zero-order valence-electron chi connectivity index (χ0n) is 8.76. The number of rotatable bonds is 2. The molecule has 0 fully saturated rings. The fourth-order valence-electron chi connectivity index (χ4n) is 1.30. The van der Waals surface area contributed by atoms with Crippen molar-refractivity contribution in [1.29, 1.82) is 0 Å². The highest BCUT2D eigenvalue weighted by molar-refractivity contribution is 5.56. The predicted molar refractivity (Wildman–Crippen MR) is 60.9 cm³/mol. The number of hydrogen-bond donors (Lipinski definition) is 1. The first-order valence-corrected chi connectivity index (χ1v) is 4.74. The molecule has 2 rings (SSSR count). The molecule has 0 spiro atoms. The van der Waals surface area contributed by atoms with Crippen molar-refractivity contribution in [2.75, 3.05) is 17.7 Å². The summed E-state index contributed by atoms with van der Waals surface area (Å²) in [6, 6.07) is 7.70. The summed E-state index contributed by atoms with van der Waals surface area (Å²) in [5, 5.41) is 0. The van der Waals surface area contributed by atoms with Crippen LogP contribution in [-0.4, -0.2) is 17.0 Å². The molecule has 0 radical (unpaired) electrons. The van der Waals surface area contributed by atoms with Crippen molar-refractivity contribution in [1.82, 2.24) is 9.97 Å². The molecule has 0 saturated heterocycles. The van der Waals surface area contributed by atoms with Crippen molar-refractivity contribution in [2.45, 2.75) is 0 Å². The first-order chi connectivity index (χ1) is 7.66. The average Bonchev–Trinajstić information content (AvgIpc) is 2.29. The first kappa shape index (κ1) is 10.4. The highest BCUT2D eigenvalue weighted by atomic mass is 19.1. The maximum atomic E-state index is 12.7. The van der Waals surface area contributed by atoms with Crippen LogP contribution in [0.2, 0.25) is 0 Å². The van der Waals surface area contributed by atoms with E-state index in [0.717, 1.165) is 5.69 Å². The second kappa shape index (κ2) is 4.14. The Morgan fingerprint density at radius 1 is 1.19 bits per heavy atom. The Kier molecular flexibility index (Phi) is 2.68. The van der Waals surface area contributed by atoms with Crippen LogP contribution >= 0.6 is 0 Å². The predicted octanol–water partition coefficient (Wildman–Crippen LogP) is 1.97. The van der Waals surface area contributed by atoms with Crippen LogP contribution in [-0.2, 0) is 0 Å². The Balaban J connectivity index is 2.31. The summed E-state index contributed by atoms with van der Waals surface area (Å²) in [6.45, 7) is 0. The van der Waals surface area contributed by atoms with Gasteiger partial charge in [-0.1, -0.05) is 0 Å². The van der Waals surface area contributed by atoms with Gasteiger partial charge < -0.3 is 10.6 Å². The second-order valence-electron chi connectivity index (χ2n) is 3.32. The molecule has 82 valence electrons. The average molecular weight is 218 g/mol. The Morgan fingerprint density at radius 2 is 1.88 bits per heavy atom. The van der Waals surface area contributed by atoms with E-state index in [0.29, 0.717) is 11.8 Å². The van der Waals surface area contributed by atoms with Crippen LogP contribution < -0.4 is 10.6 Å². The van der Waals surface area contributed by atoms with E-state index in [4.69, 9.17) is 5.73 Å². The summed E-state index contributed by atoms with van der Waals surface area (Å²) in [5.74, 6) is 0.608. The molecule has 1 aromatic carbocycles. The van der Waals surface area contributed by atoms with Gasteiger partial charge in [0.05, 0.1) is 0 Å². The molecule has 2 N–H and O–H groups in total. The Labute approximate surface area is 92.6 Å². The van der Waals surface area contributed by atoms with E-state index in [1.165, 1.54) is 12.1 Å². The van der Waals surface area contributed by atoms with Crippen LogP contribution in [0.3, 0.4) is 0 Å². The van der Waals surface area contributed by atoms with Gasteiger partial charge in [0.1, 0.15) is 11.6 Å². The molecular weight excluding hydrogens is 207 g/mol. The first-order valence-electron chi connectivity index (χ1n) is 4.74. The van der Waals surface area contributed by atoms with Gasteiger partial charge in [-0.05, 0) is 30.3 Å². The van der Waals surface area contributed by atoms with Crippen molar-refractivity contribution < 1.29 is 4.39 Å². The van der Waals surface area contributed by atoms with E-state index in [2.05, 4.69) is 9.97 Å². The van der Waals surface area contributed by atoms with Gasteiger partial charge in [0.15, 0.2) is 0 Å². The summed E-state index contributed by atoms with van der Waals surface area (Å²) in [4.78, 5) is 9.88. The topological polar surface area (TPSA) is 55.0 Å². The lowest BCUT2D eigenvalue weighted by Crippen LogP contribution is -2.13. The Morgan fingerprint density at radius 3 is 2.50 bits per heavy atom. The van der Waals surface area contributed by atoms with Gasteiger partial charge in [0.2, 0.25) is 5.95 Å². The molecule has 0 bridgehead atoms. The molecule has 16 heavy (non-hydrogen) atoms. The number of halogens is 1. The van der Waals surface area contributed by atoms with Gasteiger partial charge in [-0.25, -0.2) is 9.37 Å². The van der Waals surface area contributed by atoms with Gasteiger partial charge in [-0.2, -0.15) is 4.98 Å². The lowest BCUT2D eigenvalue weighted by atomic mass is 10.3. The minimum Gasteiger partial charge on any atom is -0.384 e. The van der Waals surface area contributed by atoms with E-state index in [1.807, 2.05) is 0 Å². The summed E-state index contributed by atoms with van der Waals surface area (Å²) >= 11 is 0. The maximum absolute atomic E-state index is 12.7. The highest BCUT2D eigenvalue weighted by Gasteiger charge is 2.06. The molecule has 2 aromatic rings. The molecule has 0 atom stereocenters. The third kappa shape index (κ3) is 2.08. The summed E-state index contributed by atoms with van der Waals surface area (Å²) in [7, 11) is 1.79. The largest absolute Gasteiger partial charge is 0.384 e. The third-order valence-electron chi connectivity index (χ3n) is 2.18. The van der Waals surface area contributed by atoms with E-state index in [9.17, 15) is 4.39 Å². The van der Waals surface area contributed by atoms with Crippen molar-refractivity contribution >= 4 is 17.5 Å². The molecule has 1 aromatic heterocycles. The standard InChI is InChI=1S/C11H11FN4/c1-16(9-4-2-8(12)3-5-9)11-14-7-6-10(13)15-11/h2-7H,1H3,(H2,13,14,15). The fourth-order valence-corrected chi connectivity index (χ4v) is 1.30.